The van der Waals surface area contributed by atoms with Gasteiger partial charge in [0, 0.05) is 23.6 Å². The minimum Gasteiger partial charge on any atom is -0.396 e. The number of fused-ring (bicyclic) bond motifs is 1. The molecule has 2 nitrogen and oxygen atoms in total. The summed E-state index contributed by atoms with van der Waals surface area (Å²) < 4.78 is 1.39. The van der Waals surface area contributed by atoms with Crippen LogP contribution in [0.1, 0.15) is 56.5 Å². The SMILES string of the molecule is CC(C)(C)C(CCO)NC1CCCc2sc(I)cc21. The van der Waals surface area contributed by atoms with E-state index in [4.69, 9.17) is 0 Å². The largest absolute Gasteiger partial charge is 0.396 e. The second kappa shape index (κ2) is 6.41. The Bertz CT molecular complexity index is 424. The van der Waals surface area contributed by atoms with Gasteiger partial charge in [0.25, 0.3) is 0 Å². The van der Waals surface area contributed by atoms with Crippen LogP contribution in [0.4, 0.5) is 0 Å². The fraction of sp³-hybridized carbons (Fsp3) is 0.733. The normalized spacial score (nSPS) is 21.2. The van der Waals surface area contributed by atoms with Crippen molar-refractivity contribution in [3.63, 3.8) is 0 Å². The average Bonchev–Trinajstić information content (AvgIpc) is 2.68. The van der Waals surface area contributed by atoms with E-state index in [0.717, 1.165) is 6.42 Å². The molecule has 0 radical (unpaired) electrons. The minimum atomic E-state index is 0.184. The van der Waals surface area contributed by atoms with Crippen molar-refractivity contribution in [2.45, 2.75) is 58.5 Å². The molecule has 1 aliphatic carbocycles. The zero-order valence-electron chi connectivity index (χ0n) is 12.0. The zero-order chi connectivity index (χ0) is 14.0. The second-order valence-electron chi connectivity index (χ2n) is 6.47. The summed E-state index contributed by atoms with van der Waals surface area (Å²) in [4.78, 5) is 1.56. The number of thiophene rings is 1. The van der Waals surface area contributed by atoms with Gasteiger partial charge in [-0.2, -0.15) is 0 Å². The van der Waals surface area contributed by atoms with E-state index in [1.54, 1.807) is 4.88 Å². The second-order valence-corrected chi connectivity index (χ2v) is 9.50. The van der Waals surface area contributed by atoms with Crippen molar-refractivity contribution in [3.05, 3.63) is 19.4 Å². The Morgan fingerprint density at radius 1 is 1.53 bits per heavy atom. The molecule has 2 N–H and O–H groups in total. The van der Waals surface area contributed by atoms with Crippen molar-refractivity contribution in [3.8, 4) is 0 Å². The standard InChI is InChI=1S/C15H24INOS/c1-15(2,3)13(7-8-18)17-11-5-4-6-12-10(11)9-14(16)19-12/h9,11,13,17-18H,4-8H2,1-3H3. The third-order valence-electron chi connectivity index (χ3n) is 3.95. The summed E-state index contributed by atoms with van der Waals surface area (Å²) in [6.07, 6.45) is 4.56. The number of hydrogen-bond donors (Lipinski definition) is 2. The maximum atomic E-state index is 9.29. The highest BCUT2D eigenvalue weighted by atomic mass is 127. The van der Waals surface area contributed by atoms with Crippen molar-refractivity contribution in [2.24, 2.45) is 5.41 Å². The van der Waals surface area contributed by atoms with Gasteiger partial charge in [-0.25, -0.2) is 0 Å². The third-order valence-corrected chi connectivity index (χ3v) is 5.92. The van der Waals surface area contributed by atoms with Gasteiger partial charge in [-0.1, -0.05) is 20.8 Å². The van der Waals surface area contributed by atoms with Crippen LogP contribution in [0, 0.1) is 8.30 Å². The molecule has 2 rings (SSSR count). The lowest BCUT2D eigenvalue weighted by atomic mass is 9.83. The molecule has 2 atom stereocenters. The predicted octanol–water partition coefficient (Wildman–Crippen LogP) is 4.12. The van der Waals surface area contributed by atoms with E-state index < -0.39 is 0 Å². The predicted molar refractivity (Wildman–Crippen MR) is 90.8 cm³/mol. The fourth-order valence-corrected chi connectivity index (χ4v) is 4.95. The molecule has 0 saturated heterocycles. The lowest BCUT2D eigenvalue weighted by Gasteiger charge is -2.36. The Hall–Kier alpha value is 0.350. The van der Waals surface area contributed by atoms with Gasteiger partial charge in [-0.15, -0.1) is 11.3 Å². The molecule has 4 heteroatoms. The van der Waals surface area contributed by atoms with Gasteiger partial charge in [0.2, 0.25) is 0 Å². The molecule has 1 aromatic heterocycles. The summed E-state index contributed by atoms with van der Waals surface area (Å²) in [6.45, 7) is 7.01. The van der Waals surface area contributed by atoms with Crippen LogP contribution in [0.5, 0.6) is 0 Å². The minimum absolute atomic E-state index is 0.184. The highest BCUT2D eigenvalue weighted by molar-refractivity contribution is 14.1. The first-order valence-electron chi connectivity index (χ1n) is 7.07. The van der Waals surface area contributed by atoms with Crippen LogP contribution < -0.4 is 5.32 Å². The molecule has 1 aliphatic rings. The van der Waals surface area contributed by atoms with Crippen LogP contribution >= 0.6 is 33.9 Å². The van der Waals surface area contributed by atoms with Crippen LogP contribution in [0.2, 0.25) is 0 Å². The Labute approximate surface area is 134 Å². The summed E-state index contributed by atoms with van der Waals surface area (Å²) >= 11 is 4.37. The number of aliphatic hydroxyl groups is 1. The Morgan fingerprint density at radius 3 is 2.89 bits per heavy atom. The van der Waals surface area contributed by atoms with Crippen LogP contribution in [-0.4, -0.2) is 17.8 Å². The van der Waals surface area contributed by atoms with Crippen molar-refractivity contribution < 1.29 is 5.11 Å². The van der Waals surface area contributed by atoms with Gasteiger partial charge in [0.05, 0.1) is 2.88 Å². The van der Waals surface area contributed by atoms with Gasteiger partial charge >= 0.3 is 0 Å². The number of rotatable bonds is 4. The molecule has 1 heterocycles. The maximum Gasteiger partial charge on any atom is 0.0659 e. The Balaban J connectivity index is 2.14. The molecule has 0 saturated carbocycles. The summed E-state index contributed by atoms with van der Waals surface area (Å²) in [5.41, 5.74) is 1.69. The van der Waals surface area contributed by atoms with Crippen molar-refractivity contribution in [2.75, 3.05) is 6.61 Å². The maximum absolute atomic E-state index is 9.29. The first kappa shape index (κ1) is 15.7. The number of halogens is 1. The van der Waals surface area contributed by atoms with Gasteiger partial charge in [0.1, 0.15) is 0 Å². The number of aryl methyl sites for hydroxylation is 1. The summed E-state index contributed by atoms with van der Waals surface area (Å²) in [7, 11) is 0. The van der Waals surface area contributed by atoms with Gasteiger partial charge in [-0.05, 0) is 65.3 Å². The molecule has 108 valence electrons. The van der Waals surface area contributed by atoms with Crippen LogP contribution in [-0.2, 0) is 6.42 Å². The quantitative estimate of drug-likeness (QED) is 0.755. The smallest absolute Gasteiger partial charge is 0.0659 e. The molecular formula is C15H24INOS. The van der Waals surface area contributed by atoms with E-state index in [1.165, 1.54) is 27.7 Å². The molecule has 0 spiro atoms. The molecule has 0 amide bonds. The lowest BCUT2D eigenvalue weighted by Crippen LogP contribution is -2.43. The molecule has 1 aromatic rings. The average molecular weight is 393 g/mol. The summed E-state index contributed by atoms with van der Waals surface area (Å²) in [6, 6.07) is 3.18. The van der Waals surface area contributed by atoms with Crippen molar-refractivity contribution in [1.82, 2.24) is 5.32 Å². The van der Waals surface area contributed by atoms with E-state index in [0.29, 0.717) is 12.1 Å². The van der Waals surface area contributed by atoms with Crippen LogP contribution in [0.3, 0.4) is 0 Å². The van der Waals surface area contributed by atoms with E-state index in [-0.39, 0.29) is 12.0 Å². The van der Waals surface area contributed by atoms with Crippen molar-refractivity contribution >= 4 is 33.9 Å². The molecule has 19 heavy (non-hydrogen) atoms. The first-order chi connectivity index (χ1) is 8.91. The highest BCUT2D eigenvalue weighted by Gasteiger charge is 2.29. The fourth-order valence-electron chi connectivity index (χ4n) is 2.83. The van der Waals surface area contributed by atoms with Gasteiger partial charge in [0.15, 0.2) is 0 Å². The van der Waals surface area contributed by atoms with E-state index in [1.807, 2.05) is 11.3 Å². The number of hydrogen-bond acceptors (Lipinski definition) is 3. The Morgan fingerprint density at radius 2 is 2.26 bits per heavy atom. The van der Waals surface area contributed by atoms with Crippen LogP contribution in [0.25, 0.3) is 0 Å². The number of nitrogens with one attached hydrogen (secondary N) is 1. The Kier molecular flexibility index (Phi) is 5.31. The van der Waals surface area contributed by atoms with E-state index in [2.05, 4.69) is 54.7 Å². The monoisotopic (exact) mass is 393 g/mol. The number of aliphatic hydroxyl groups excluding tert-OH is 1. The van der Waals surface area contributed by atoms with E-state index >= 15 is 0 Å². The molecule has 0 aromatic carbocycles. The van der Waals surface area contributed by atoms with Crippen LogP contribution in [0.15, 0.2) is 6.07 Å². The molecule has 0 bridgehead atoms. The molecular weight excluding hydrogens is 369 g/mol. The molecule has 0 aliphatic heterocycles. The molecule has 2 unspecified atom stereocenters. The highest BCUT2D eigenvalue weighted by Crippen LogP contribution is 2.37. The topological polar surface area (TPSA) is 32.3 Å². The van der Waals surface area contributed by atoms with Gasteiger partial charge in [-0.3, -0.25) is 0 Å². The first-order valence-corrected chi connectivity index (χ1v) is 8.96. The van der Waals surface area contributed by atoms with Gasteiger partial charge < -0.3 is 10.4 Å². The summed E-state index contributed by atoms with van der Waals surface area (Å²) in [5.74, 6) is 0. The molecule has 0 fully saturated rings. The van der Waals surface area contributed by atoms with E-state index in [9.17, 15) is 5.11 Å². The zero-order valence-corrected chi connectivity index (χ0v) is 15.0. The lowest BCUT2D eigenvalue weighted by molar-refractivity contribution is 0.181. The van der Waals surface area contributed by atoms with Crippen molar-refractivity contribution in [1.29, 1.82) is 0 Å². The third kappa shape index (κ3) is 3.93. The summed E-state index contributed by atoms with van der Waals surface area (Å²) in [5, 5.41) is 13.1.